The summed E-state index contributed by atoms with van der Waals surface area (Å²) in [6.45, 7) is 5.14. The van der Waals surface area contributed by atoms with Crippen molar-refractivity contribution in [3.8, 4) is 0 Å². The lowest BCUT2D eigenvalue weighted by atomic mass is 10.1. The van der Waals surface area contributed by atoms with Gasteiger partial charge in [0.2, 0.25) is 0 Å². The fraction of sp³-hybridized carbons (Fsp3) is 0.462. The number of aryl methyl sites for hydroxylation is 2. The predicted molar refractivity (Wildman–Crippen MR) is 70.4 cm³/mol. The Kier molecular flexibility index (Phi) is 3.44. The monoisotopic (exact) mass is 235 g/mol. The minimum atomic E-state index is 0.177. The molecule has 2 nitrogen and oxygen atoms in total. The van der Waals surface area contributed by atoms with E-state index in [0.717, 1.165) is 35.9 Å². The van der Waals surface area contributed by atoms with Gasteiger partial charge in [0.25, 0.3) is 5.56 Å². The van der Waals surface area contributed by atoms with Crippen LogP contribution in [0.25, 0.3) is 10.1 Å². The molecule has 0 aliphatic rings. The summed E-state index contributed by atoms with van der Waals surface area (Å²) in [6, 6.07) is 6.17. The summed E-state index contributed by atoms with van der Waals surface area (Å²) in [5.74, 6) is 0. The minimum Gasteiger partial charge on any atom is -0.268 e. The topological polar surface area (TPSA) is 22.0 Å². The summed E-state index contributed by atoms with van der Waals surface area (Å²) in [7, 11) is 0. The lowest BCUT2D eigenvalue weighted by Crippen LogP contribution is -2.12. The first-order valence-electron chi connectivity index (χ1n) is 5.89. The van der Waals surface area contributed by atoms with Crippen LogP contribution in [0.15, 0.2) is 23.0 Å². The molecule has 0 spiro atoms. The Morgan fingerprint density at radius 2 is 2.12 bits per heavy atom. The smallest absolute Gasteiger partial charge is 0.268 e. The van der Waals surface area contributed by atoms with Gasteiger partial charge in [-0.3, -0.25) is 8.75 Å². The largest absolute Gasteiger partial charge is 0.268 e. The maximum absolute atomic E-state index is 12.0. The lowest BCUT2D eigenvalue weighted by Gasteiger charge is -1.95. The molecule has 0 atom stereocenters. The molecule has 86 valence electrons. The molecular weight excluding hydrogens is 218 g/mol. The average molecular weight is 235 g/mol. The first-order chi connectivity index (χ1) is 7.76. The molecule has 0 saturated heterocycles. The summed E-state index contributed by atoms with van der Waals surface area (Å²) in [5, 5.41) is 0.873. The Labute approximate surface area is 99.7 Å². The van der Waals surface area contributed by atoms with E-state index in [-0.39, 0.29) is 5.56 Å². The van der Waals surface area contributed by atoms with Crippen LogP contribution in [-0.2, 0) is 13.0 Å². The summed E-state index contributed by atoms with van der Waals surface area (Å²) in [4.78, 5) is 12.0. The highest BCUT2D eigenvalue weighted by Gasteiger charge is 2.07. The molecule has 3 heteroatoms. The van der Waals surface area contributed by atoms with Gasteiger partial charge in [0.05, 0.1) is 10.1 Å². The van der Waals surface area contributed by atoms with E-state index in [0.29, 0.717) is 0 Å². The van der Waals surface area contributed by atoms with Gasteiger partial charge in [0, 0.05) is 6.54 Å². The van der Waals surface area contributed by atoms with Crippen molar-refractivity contribution in [3.05, 3.63) is 34.1 Å². The molecule has 2 aromatic rings. The number of nitrogens with zero attached hydrogens (tertiary/aromatic N) is 1. The highest BCUT2D eigenvalue weighted by molar-refractivity contribution is 7.13. The van der Waals surface area contributed by atoms with Crippen LogP contribution in [0.2, 0.25) is 0 Å². The van der Waals surface area contributed by atoms with Crippen LogP contribution < -0.4 is 5.56 Å². The number of aromatic nitrogens is 1. The van der Waals surface area contributed by atoms with Gasteiger partial charge >= 0.3 is 0 Å². The van der Waals surface area contributed by atoms with Crippen molar-refractivity contribution in [1.29, 1.82) is 0 Å². The van der Waals surface area contributed by atoms with Gasteiger partial charge in [-0.05, 0) is 30.5 Å². The van der Waals surface area contributed by atoms with Gasteiger partial charge in [-0.1, -0.05) is 37.9 Å². The number of rotatable bonds is 4. The normalized spacial score (nSPS) is 11.1. The number of hydrogen-bond acceptors (Lipinski definition) is 2. The fourth-order valence-electron chi connectivity index (χ4n) is 1.78. The number of unbranched alkanes of at least 4 members (excludes halogenated alkanes) is 1. The third-order valence-corrected chi connectivity index (χ3v) is 3.94. The molecule has 0 amide bonds. The van der Waals surface area contributed by atoms with Crippen LogP contribution in [0.4, 0.5) is 0 Å². The predicted octanol–water partition coefficient (Wildman–Crippen LogP) is 3.43. The standard InChI is InChI=1S/C13H17NOS/c1-3-5-8-14-13(15)11-7-6-10(4-2)9-12(11)16-14/h6-7,9H,3-5,8H2,1-2H3. The zero-order valence-electron chi connectivity index (χ0n) is 9.82. The summed E-state index contributed by atoms with van der Waals surface area (Å²) in [5.41, 5.74) is 1.48. The van der Waals surface area contributed by atoms with Crippen molar-refractivity contribution in [1.82, 2.24) is 3.96 Å². The molecule has 0 radical (unpaired) electrons. The molecule has 1 aromatic carbocycles. The van der Waals surface area contributed by atoms with Gasteiger partial charge < -0.3 is 0 Å². The molecule has 16 heavy (non-hydrogen) atoms. The van der Waals surface area contributed by atoms with E-state index in [9.17, 15) is 4.79 Å². The molecule has 0 saturated carbocycles. The highest BCUT2D eigenvalue weighted by Crippen LogP contribution is 2.19. The van der Waals surface area contributed by atoms with Gasteiger partial charge in [0.1, 0.15) is 0 Å². The Bertz CT molecular complexity index is 538. The quantitative estimate of drug-likeness (QED) is 0.796. The summed E-state index contributed by atoms with van der Waals surface area (Å²) >= 11 is 1.60. The van der Waals surface area contributed by atoms with Crippen molar-refractivity contribution in [3.63, 3.8) is 0 Å². The summed E-state index contributed by atoms with van der Waals surface area (Å²) in [6.07, 6.45) is 3.23. The number of benzene rings is 1. The Balaban J connectivity index is 2.46. The number of fused-ring (bicyclic) bond motifs is 1. The second-order valence-corrected chi connectivity index (χ2v) is 5.10. The maximum Gasteiger partial charge on any atom is 0.268 e. The van der Waals surface area contributed by atoms with Crippen molar-refractivity contribution >= 4 is 21.6 Å². The minimum absolute atomic E-state index is 0.177. The third-order valence-electron chi connectivity index (χ3n) is 2.83. The maximum atomic E-state index is 12.0. The molecule has 0 bridgehead atoms. The molecule has 0 aliphatic heterocycles. The second-order valence-electron chi connectivity index (χ2n) is 4.04. The van der Waals surface area contributed by atoms with E-state index in [1.165, 1.54) is 5.56 Å². The Morgan fingerprint density at radius 3 is 2.81 bits per heavy atom. The van der Waals surface area contributed by atoms with Crippen molar-refractivity contribution in [2.75, 3.05) is 0 Å². The molecular formula is C13H17NOS. The summed E-state index contributed by atoms with van der Waals surface area (Å²) < 4.78 is 3.01. The van der Waals surface area contributed by atoms with Gasteiger partial charge in [-0.2, -0.15) is 0 Å². The van der Waals surface area contributed by atoms with E-state index in [1.807, 2.05) is 10.0 Å². The van der Waals surface area contributed by atoms with Crippen molar-refractivity contribution in [2.45, 2.75) is 39.7 Å². The van der Waals surface area contributed by atoms with E-state index < -0.39 is 0 Å². The highest BCUT2D eigenvalue weighted by atomic mass is 32.1. The molecule has 0 aliphatic carbocycles. The van der Waals surface area contributed by atoms with Gasteiger partial charge in [-0.15, -0.1) is 0 Å². The molecule has 1 aromatic heterocycles. The lowest BCUT2D eigenvalue weighted by molar-refractivity contribution is 0.660. The van der Waals surface area contributed by atoms with Crippen LogP contribution in [0.1, 0.15) is 32.3 Å². The second kappa shape index (κ2) is 4.83. The molecule has 0 unspecified atom stereocenters. The molecule has 0 N–H and O–H groups in total. The molecule has 1 heterocycles. The zero-order valence-corrected chi connectivity index (χ0v) is 10.6. The van der Waals surface area contributed by atoms with Crippen LogP contribution in [0.3, 0.4) is 0 Å². The van der Waals surface area contributed by atoms with Crippen LogP contribution in [-0.4, -0.2) is 3.96 Å². The first-order valence-corrected chi connectivity index (χ1v) is 6.66. The van der Waals surface area contributed by atoms with Gasteiger partial charge in [0.15, 0.2) is 0 Å². The van der Waals surface area contributed by atoms with Crippen LogP contribution >= 0.6 is 11.5 Å². The third kappa shape index (κ3) is 2.05. The van der Waals surface area contributed by atoms with E-state index in [4.69, 9.17) is 0 Å². The number of hydrogen-bond donors (Lipinski definition) is 0. The van der Waals surface area contributed by atoms with Gasteiger partial charge in [-0.25, -0.2) is 0 Å². The van der Waals surface area contributed by atoms with Crippen molar-refractivity contribution in [2.24, 2.45) is 0 Å². The van der Waals surface area contributed by atoms with Crippen molar-refractivity contribution < 1.29 is 0 Å². The average Bonchev–Trinajstić information content (AvgIpc) is 2.63. The molecule has 2 rings (SSSR count). The zero-order chi connectivity index (χ0) is 11.5. The van der Waals surface area contributed by atoms with E-state index in [2.05, 4.69) is 26.0 Å². The molecule has 0 fully saturated rings. The Hall–Kier alpha value is -1.09. The van der Waals surface area contributed by atoms with E-state index >= 15 is 0 Å². The van der Waals surface area contributed by atoms with Crippen LogP contribution in [0.5, 0.6) is 0 Å². The van der Waals surface area contributed by atoms with Crippen LogP contribution in [0, 0.1) is 0 Å². The Morgan fingerprint density at radius 1 is 1.31 bits per heavy atom. The fourth-order valence-corrected chi connectivity index (χ4v) is 2.88. The SMILES string of the molecule is CCCCn1sc2cc(CC)ccc2c1=O. The first kappa shape index (κ1) is 11.4. The van der Waals surface area contributed by atoms with E-state index in [1.54, 1.807) is 11.5 Å².